The summed E-state index contributed by atoms with van der Waals surface area (Å²) >= 11 is 0. The van der Waals surface area contributed by atoms with Crippen molar-refractivity contribution in [3.63, 3.8) is 0 Å². The van der Waals surface area contributed by atoms with Gasteiger partial charge in [-0.2, -0.15) is 5.10 Å². The number of aromatic nitrogens is 2. The number of carbonyl (C=O) groups is 1. The van der Waals surface area contributed by atoms with E-state index in [1.54, 1.807) is 6.92 Å². The van der Waals surface area contributed by atoms with E-state index < -0.39 is 11.5 Å². The Morgan fingerprint density at radius 2 is 1.52 bits per heavy atom. The molecule has 0 unspecified atom stereocenters. The molecule has 0 saturated carbocycles. The Morgan fingerprint density at radius 1 is 0.935 bits per heavy atom. The minimum Gasteiger partial charge on any atom is -0.462 e. The first-order valence-corrected chi connectivity index (χ1v) is 10.9. The monoisotopic (exact) mass is 420 g/mol. The molecule has 162 valence electrons. The highest BCUT2D eigenvalue weighted by atomic mass is 16.5. The first kappa shape index (κ1) is 22.4. The largest absolute Gasteiger partial charge is 0.462 e. The van der Waals surface area contributed by atoms with Crippen molar-refractivity contribution in [1.29, 1.82) is 0 Å². The lowest BCUT2D eigenvalue weighted by Gasteiger charge is -2.19. The first-order valence-electron chi connectivity index (χ1n) is 10.9. The van der Waals surface area contributed by atoms with E-state index in [-0.39, 0.29) is 12.2 Å². The average molecular weight is 421 g/mol. The van der Waals surface area contributed by atoms with Crippen LogP contribution in [-0.2, 0) is 11.3 Å². The van der Waals surface area contributed by atoms with Crippen molar-refractivity contribution < 1.29 is 14.4 Å². The maximum atomic E-state index is 13.4. The van der Waals surface area contributed by atoms with Gasteiger partial charge in [0.15, 0.2) is 0 Å². The number of nitrogens with zero attached hydrogens (tertiary/aromatic N) is 2. The molecule has 1 heterocycles. The Balaban J connectivity index is 2.28. The zero-order valence-electron chi connectivity index (χ0n) is 18.4. The van der Waals surface area contributed by atoms with Crippen molar-refractivity contribution in [2.45, 2.75) is 27.3 Å². The van der Waals surface area contributed by atoms with E-state index in [0.29, 0.717) is 17.8 Å². The van der Waals surface area contributed by atoms with E-state index in [1.165, 1.54) is 9.58 Å². The summed E-state index contributed by atoms with van der Waals surface area (Å²) in [6.07, 6.45) is 0. The minimum atomic E-state index is -0.616. The third kappa shape index (κ3) is 5.09. The van der Waals surface area contributed by atoms with E-state index in [2.05, 4.69) is 13.8 Å². The van der Waals surface area contributed by atoms with Gasteiger partial charge in [-0.15, -0.1) is 0 Å². The van der Waals surface area contributed by atoms with E-state index in [0.717, 1.165) is 30.8 Å². The summed E-state index contributed by atoms with van der Waals surface area (Å²) in [5.41, 5.74) is 2.34. The number of benzene rings is 2. The molecule has 0 bridgehead atoms. The molecular formula is C25H30N3O3+. The number of carbonyl (C=O) groups excluding carboxylic acids is 1. The summed E-state index contributed by atoms with van der Waals surface area (Å²) < 4.78 is 6.72. The number of ether oxygens (including phenoxy) is 1. The van der Waals surface area contributed by atoms with Gasteiger partial charge in [0.2, 0.25) is 0 Å². The summed E-state index contributed by atoms with van der Waals surface area (Å²) in [4.78, 5) is 27.8. The van der Waals surface area contributed by atoms with Crippen LogP contribution in [-0.4, -0.2) is 42.0 Å². The van der Waals surface area contributed by atoms with E-state index in [4.69, 9.17) is 9.84 Å². The predicted molar refractivity (Wildman–Crippen MR) is 122 cm³/mol. The van der Waals surface area contributed by atoms with Crippen LogP contribution in [0, 0.1) is 0 Å². The molecule has 0 saturated heterocycles. The number of quaternary nitrogens is 1. The topological polar surface area (TPSA) is 65.6 Å². The molecule has 6 heteroatoms. The molecule has 0 aliphatic carbocycles. The lowest BCUT2D eigenvalue weighted by molar-refractivity contribution is -0.897. The Morgan fingerprint density at radius 3 is 2.06 bits per heavy atom. The van der Waals surface area contributed by atoms with Gasteiger partial charge in [0.25, 0.3) is 5.56 Å². The van der Waals surface area contributed by atoms with Crippen LogP contribution in [0.1, 0.15) is 31.1 Å². The van der Waals surface area contributed by atoms with Crippen LogP contribution in [0.2, 0.25) is 0 Å². The second-order valence-corrected chi connectivity index (χ2v) is 7.29. The molecule has 3 aromatic rings. The molecule has 6 nitrogen and oxygen atoms in total. The van der Waals surface area contributed by atoms with Gasteiger partial charge in [-0.05, 0) is 26.3 Å². The summed E-state index contributed by atoms with van der Waals surface area (Å²) in [6, 6.07) is 19.1. The normalized spacial score (nSPS) is 11.0. The molecule has 0 amide bonds. The molecule has 1 aromatic heterocycles. The van der Waals surface area contributed by atoms with E-state index in [9.17, 15) is 9.59 Å². The summed E-state index contributed by atoms with van der Waals surface area (Å²) in [7, 11) is 0. The lowest BCUT2D eigenvalue weighted by Crippen LogP contribution is -3.11. The Bertz CT molecular complexity index is 1060. The van der Waals surface area contributed by atoms with Gasteiger partial charge in [-0.1, -0.05) is 60.7 Å². The predicted octanol–water partition coefficient (Wildman–Crippen LogP) is 2.68. The van der Waals surface area contributed by atoms with Crippen molar-refractivity contribution in [2.75, 3.05) is 26.2 Å². The fourth-order valence-corrected chi connectivity index (χ4v) is 3.67. The van der Waals surface area contributed by atoms with E-state index >= 15 is 0 Å². The maximum Gasteiger partial charge on any atom is 0.344 e. The molecule has 0 aliphatic rings. The molecule has 2 aromatic carbocycles. The van der Waals surface area contributed by atoms with Crippen molar-refractivity contribution in [1.82, 2.24) is 9.78 Å². The van der Waals surface area contributed by atoms with Crippen LogP contribution in [0.15, 0.2) is 65.5 Å². The van der Waals surface area contributed by atoms with Crippen LogP contribution in [0.25, 0.3) is 22.4 Å². The van der Waals surface area contributed by atoms with Crippen molar-refractivity contribution in [2.24, 2.45) is 0 Å². The fraction of sp³-hybridized carbons (Fsp3) is 0.320. The van der Waals surface area contributed by atoms with Crippen LogP contribution >= 0.6 is 0 Å². The highest BCUT2D eigenvalue weighted by Crippen LogP contribution is 2.32. The molecule has 1 N–H and O–H groups in total. The molecule has 31 heavy (non-hydrogen) atoms. The van der Waals surface area contributed by atoms with Crippen molar-refractivity contribution >= 4 is 5.97 Å². The van der Waals surface area contributed by atoms with Crippen molar-refractivity contribution in [3.05, 3.63) is 76.6 Å². The molecule has 0 radical (unpaired) electrons. The van der Waals surface area contributed by atoms with Gasteiger partial charge in [-0.3, -0.25) is 4.79 Å². The zero-order valence-corrected chi connectivity index (χ0v) is 18.4. The van der Waals surface area contributed by atoms with Gasteiger partial charge in [0.1, 0.15) is 5.56 Å². The third-order valence-corrected chi connectivity index (χ3v) is 5.42. The smallest absolute Gasteiger partial charge is 0.344 e. The third-order valence-electron chi connectivity index (χ3n) is 5.42. The van der Waals surface area contributed by atoms with Gasteiger partial charge in [-0.25, -0.2) is 9.48 Å². The molecule has 0 atom stereocenters. The summed E-state index contributed by atoms with van der Waals surface area (Å²) in [6.45, 7) is 9.27. The van der Waals surface area contributed by atoms with Crippen LogP contribution in [0.5, 0.6) is 0 Å². The van der Waals surface area contributed by atoms with Gasteiger partial charge >= 0.3 is 5.97 Å². The van der Waals surface area contributed by atoms with Gasteiger partial charge in [0.05, 0.1) is 38.5 Å². The molecule has 0 aliphatic heterocycles. The Kier molecular flexibility index (Phi) is 7.73. The quantitative estimate of drug-likeness (QED) is 0.541. The highest BCUT2D eigenvalue weighted by molar-refractivity contribution is 6.00. The minimum absolute atomic E-state index is 0.0384. The summed E-state index contributed by atoms with van der Waals surface area (Å²) in [5.74, 6) is -0.616. The second-order valence-electron chi connectivity index (χ2n) is 7.29. The first-order chi connectivity index (χ1) is 15.1. The number of likely N-dealkylation sites (N-methyl/N-ethyl adjacent to an activating group) is 1. The SMILES string of the molecule is CCOC(=O)c1c(-c2ccccc2)c(-c2ccccc2)nn(CC[NH+](CC)CC)c1=O. The second kappa shape index (κ2) is 10.7. The fourth-order valence-electron chi connectivity index (χ4n) is 3.67. The van der Waals surface area contributed by atoms with Gasteiger partial charge < -0.3 is 9.64 Å². The van der Waals surface area contributed by atoms with Crippen molar-refractivity contribution in [3.8, 4) is 22.4 Å². The number of nitrogens with one attached hydrogen (secondary N) is 1. The molecular weight excluding hydrogens is 390 g/mol. The van der Waals surface area contributed by atoms with Crippen LogP contribution in [0.3, 0.4) is 0 Å². The lowest BCUT2D eigenvalue weighted by atomic mass is 9.95. The average Bonchev–Trinajstić information content (AvgIpc) is 2.81. The molecule has 3 rings (SSSR count). The van der Waals surface area contributed by atoms with Gasteiger partial charge in [0, 0.05) is 11.1 Å². The van der Waals surface area contributed by atoms with Crippen LogP contribution in [0.4, 0.5) is 0 Å². The Labute approximate surface area is 183 Å². The number of esters is 1. The highest BCUT2D eigenvalue weighted by Gasteiger charge is 2.26. The number of hydrogen-bond acceptors (Lipinski definition) is 4. The van der Waals surface area contributed by atoms with E-state index in [1.807, 2.05) is 60.7 Å². The molecule has 0 spiro atoms. The van der Waals surface area contributed by atoms with Crippen LogP contribution < -0.4 is 10.5 Å². The maximum absolute atomic E-state index is 13.4. The molecule has 0 fully saturated rings. The zero-order chi connectivity index (χ0) is 22.2. The Hall–Kier alpha value is -3.25. The standard InChI is InChI=1S/C25H29N3O3/c1-4-27(5-2)17-18-28-24(29)22(25(30)31-6-3)21(19-13-9-7-10-14-19)23(26-28)20-15-11-8-12-16-20/h7-16H,4-6,17-18H2,1-3H3/p+1. The number of rotatable bonds is 9. The summed E-state index contributed by atoms with van der Waals surface area (Å²) in [5, 5.41) is 4.75. The number of hydrogen-bond donors (Lipinski definition) is 1.